The molecule has 3 nitrogen and oxygen atoms in total. The molecule has 86 valence electrons. The second kappa shape index (κ2) is 4.26. The van der Waals surface area contributed by atoms with Crippen LogP contribution in [0.2, 0.25) is 0 Å². The standard InChI is InChI=1S/C11H6BrF2N3/c1-16-10-5(3-15)4-17-11-7(13)2-6(12)9(14)8(10)11/h2,4H,1H3,(H,16,17). The van der Waals surface area contributed by atoms with Gasteiger partial charge in [-0.3, -0.25) is 4.98 Å². The van der Waals surface area contributed by atoms with E-state index in [1.54, 1.807) is 0 Å². The zero-order chi connectivity index (χ0) is 12.6. The minimum absolute atomic E-state index is 0.00381. The predicted molar refractivity (Wildman–Crippen MR) is 63.6 cm³/mol. The number of benzene rings is 1. The predicted octanol–water partition coefficient (Wildman–Crippen LogP) is 3.19. The Labute approximate surface area is 104 Å². The third-order valence-electron chi connectivity index (χ3n) is 2.36. The summed E-state index contributed by atoms with van der Waals surface area (Å²) in [5.74, 6) is -1.29. The van der Waals surface area contributed by atoms with Crippen molar-refractivity contribution >= 4 is 32.5 Å². The monoisotopic (exact) mass is 297 g/mol. The maximum absolute atomic E-state index is 13.9. The lowest BCUT2D eigenvalue weighted by atomic mass is 10.1. The van der Waals surface area contributed by atoms with E-state index in [-0.39, 0.29) is 26.6 Å². The molecule has 1 N–H and O–H groups in total. The highest BCUT2D eigenvalue weighted by Gasteiger charge is 2.17. The van der Waals surface area contributed by atoms with E-state index in [1.165, 1.54) is 13.2 Å². The number of nitrogens with zero attached hydrogens (tertiary/aromatic N) is 2. The Morgan fingerprint density at radius 3 is 2.76 bits per heavy atom. The molecule has 0 spiro atoms. The van der Waals surface area contributed by atoms with Gasteiger partial charge in [0, 0.05) is 13.2 Å². The summed E-state index contributed by atoms with van der Waals surface area (Å²) in [4.78, 5) is 3.76. The molecule has 0 aliphatic heterocycles. The molecule has 0 saturated heterocycles. The van der Waals surface area contributed by atoms with Crippen molar-refractivity contribution < 1.29 is 8.78 Å². The molecule has 1 heterocycles. The Kier molecular flexibility index (Phi) is 2.94. The molecule has 1 aromatic carbocycles. The van der Waals surface area contributed by atoms with Gasteiger partial charge in [0.2, 0.25) is 0 Å². The van der Waals surface area contributed by atoms with Gasteiger partial charge < -0.3 is 5.32 Å². The quantitative estimate of drug-likeness (QED) is 0.823. The first-order valence-corrected chi connectivity index (χ1v) is 5.43. The van der Waals surface area contributed by atoms with Crippen LogP contribution in [-0.2, 0) is 0 Å². The molecule has 2 rings (SSSR count). The third kappa shape index (κ3) is 1.72. The van der Waals surface area contributed by atoms with E-state index in [1.807, 2.05) is 6.07 Å². The van der Waals surface area contributed by atoms with Gasteiger partial charge in [0.25, 0.3) is 0 Å². The van der Waals surface area contributed by atoms with Crippen molar-refractivity contribution in [2.24, 2.45) is 0 Å². The second-order valence-corrected chi connectivity index (χ2v) is 4.14. The summed E-state index contributed by atoms with van der Waals surface area (Å²) in [6, 6.07) is 2.89. The molecule has 17 heavy (non-hydrogen) atoms. The van der Waals surface area contributed by atoms with E-state index < -0.39 is 11.6 Å². The van der Waals surface area contributed by atoms with Gasteiger partial charge in [-0.1, -0.05) is 0 Å². The van der Waals surface area contributed by atoms with E-state index in [9.17, 15) is 8.78 Å². The SMILES string of the molecule is CNc1c(C#N)cnc2c(F)cc(Br)c(F)c12. The summed E-state index contributed by atoms with van der Waals surface area (Å²) < 4.78 is 27.5. The van der Waals surface area contributed by atoms with Gasteiger partial charge in [0.1, 0.15) is 17.4 Å². The number of hydrogen-bond acceptors (Lipinski definition) is 3. The Bertz CT molecular complexity index is 649. The highest BCUT2D eigenvalue weighted by atomic mass is 79.9. The zero-order valence-corrected chi connectivity index (χ0v) is 10.3. The number of aromatic nitrogens is 1. The van der Waals surface area contributed by atoms with Crippen LogP contribution in [0.3, 0.4) is 0 Å². The Hall–Kier alpha value is -1.74. The maximum atomic E-state index is 13.9. The molecule has 0 saturated carbocycles. The highest BCUT2D eigenvalue weighted by Crippen LogP contribution is 2.33. The molecule has 0 aliphatic carbocycles. The van der Waals surface area contributed by atoms with Crippen LogP contribution in [0.1, 0.15) is 5.56 Å². The first-order chi connectivity index (χ1) is 8.10. The zero-order valence-electron chi connectivity index (χ0n) is 8.68. The highest BCUT2D eigenvalue weighted by molar-refractivity contribution is 9.10. The van der Waals surface area contributed by atoms with Crippen molar-refractivity contribution in [1.29, 1.82) is 5.26 Å². The topological polar surface area (TPSA) is 48.7 Å². The normalized spacial score (nSPS) is 10.3. The number of anilines is 1. The minimum atomic E-state index is -0.644. The van der Waals surface area contributed by atoms with E-state index >= 15 is 0 Å². The average molecular weight is 298 g/mol. The minimum Gasteiger partial charge on any atom is -0.386 e. The van der Waals surface area contributed by atoms with Gasteiger partial charge >= 0.3 is 0 Å². The van der Waals surface area contributed by atoms with Crippen LogP contribution in [0.5, 0.6) is 0 Å². The van der Waals surface area contributed by atoms with Crippen LogP contribution < -0.4 is 5.32 Å². The summed E-state index contributed by atoms with van der Waals surface area (Å²) in [6.45, 7) is 0. The summed E-state index contributed by atoms with van der Waals surface area (Å²) in [5, 5.41) is 11.5. The fourth-order valence-electron chi connectivity index (χ4n) is 1.61. The van der Waals surface area contributed by atoms with Crippen LogP contribution in [0, 0.1) is 23.0 Å². The van der Waals surface area contributed by atoms with Crippen molar-refractivity contribution in [3.05, 3.63) is 33.9 Å². The van der Waals surface area contributed by atoms with E-state index in [4.69, 9.17) is 5.26 Å². The fourth-order valence-corrected chi connectivity index (χ4v) is 2.01. The van der Waals surface area contributed by atoms with Gasteiger partial charge in [-0.25, -0.2) is 8.78 Å². The Morgan fingerprint density at radius 2 is 2.18 bits per heavy atom. The van der Waals surface area contributed by atoms with Crippen molar-refractivity contribution in [1.82, 2.24) is 4.98 Å². The van der Waals surface area contributed by atoms with Gasteiger partial charge in [-0.15, -0.1) is 0 Å². The largest absolute Gasteiger partial charge is 0.386 e. The second-order valence-electron chi connectivity index (χ2n) is 3.29. The molecular weight excluding hydrogens is 292 g/mol. The van der Waals surface area contributed by atoms with Crippen LogP contribution in [0.25, 0.3) is 10.9 Å². The van der Waals surface area contributed by atoms with Crippen LogP contribution in [0.15, 0.2) is 16.7 Å². The van der Waals surface area contributed by atoms with Crippen molar-refractivity contribution in [2.75, 3.05) is 12.4 Å². The van der Waals surface area contributed by atoms with Crippen LogP contribution in [0.4, 0.5) is 14.5 Å². The first-order valence-electron chi connectivity index (χ1n) is 4.64. The van der Waals surface area contributed by atoms with E-state index in [0.29, 0.717) is 0 Å². The molecule has 2 aromatic rings. The number of nitriles is 1. The molecule has 0 unspecified atom stereocenters. The Balaban J connectivity index is 3.03. The molecule has 0 amide bonds. The van der Waals surface area contributed by atoms with Gasteiger partial charge in [-0.2, -0.15) is 5.26 Å². The molecule has 1 aromatic heterocycles. The summed E-state index contributed by atoms with van der Waals surface area (Å²) >= 11 is 2.92. The molecule has 0 atom stereocenters. The maximum Gasteiger partial charge on any atom is 0.150 e. The van der Waals surface area contributed by atoms with Crippen LogP contribution in [-0.4, -0.2) is 12.0 Å². The van der Waals surface area contributed by atoms with Crippen LogP contribution >= 0.6 is 15.9 Å². The van der Waals surface area contributed by atoms with Crippen molar-refractivity contribution in [3.63, 3.8) is 0 Å². The van der Waals surface area contributed by atoms with E-state index in [2.05, 4.69) is 26.2 Å². The molecule has 6 heteroatoms. The average Bonchev–Trinajstić information content (AvgIpc) is 2.34. The molecule has 0 fully saturated rings. The number of fused-ring (bicyclic) bond motifs is 1. The number of hydrogen-bond donors (Lipinski definition) is 1. The number of pyridine rings is 1. The van der Waals surface area contributed by atoms with Gasteiger partial charge in [0.15, 0.2) is 5.82 Å². The first kappa shape index (κ1) is 11.7. The fraction of sp³-hybridized carbons (Fsp3) is 0.0909. The molecule has 0 bridgehead atoms. The lowest BCUT2D eigenvalue weighted by molar-refractivity contribution is 0.610. The van der Waals surface area contributed by atoms with Gasteiger partial charge in [-0.05, 0) is 22.0 Å². The summed E-state index contributed by atoms with van der Waals surface area (Å²) in [6.07, 6.45) is 1.21. The number of halogens is 3. The summed E-state index contributed by atoms with van der Waals surface area (Å²) in [5.41, 5.74) is 0.292. The lowest BCUT2D eigenvalue weighted by Gasteiger charge is -2.09. The van der Waals surface area contributed by atoms with E-state index in [0.717, 1.165) is 6.07 Å². The summed E-state index contributed by atoms with van der Waals surface area (Å²) in [7, 11) is 1.54. The smallest absolute Gasteiger partial charge is 0.150 e. The van der Waals surface area contributed by atoms with Crippen molar-refractivity contribution in [2.45, 2.75) is 0 Å². The Morgan fingerprint density at radius 1 is 1.47 bits per heavy atom. The number of nitrogens with one attached hydrogen (secondary N) is 1. The number of rotatable bonds is 1. The molecule has 0 aliphatic rings. The third-order valence-corrected chi connectivity index (χ3v) is 2.94. The molecule has 0 radical (unpaired) electrons. The lowest BCUT2D eigenvalue weighted by Crippen LogP contribution is -1.99. The van der Waals surface area contributed by atoms with Gasteiger partial charge in [0.05, 0.1) is 21.1 Å². The van der Waals surface area contributed by atoms with Crippen molar-refractivity contribution in [3.8, 4) is 6.07 Å². The molecular formula is C11H6BrF2N3.